The van der Waals surface area contributed by atoms with Crippen molar-refractivity contribution in [3.63, 3.8) is 0 Å². The van der Waals surface area contributed by atoms with Crippen LogP contribution in [0.25, 0.3) is 33.3 Å². The number of benzene rings is 1. The monoisotopic (exact) mass is 324 g/mol. The third-order valence-electron chi connectivity index (χ3n) is 3.85. The minimum Gasteiger partial charge on any atom is -0.493 e. The normalized spacial score (nSPS) is 11.0. The van der Waals surface area contributed by atoms with Crippen LogP contribution in [0.15, 0.2) is 53.5 Å². The average molecular weight is 324 g/mol. The van der Waals surface area contributed by atoms with Gasteiger partial charge in [0.15, 0.2) is 11.6 Å². The lowest BCUT2D eigenvalue weighted by Gasteiger charge is -2.08. The molecular formula is C18H13FN2OS. The Balaban J connectivity index is 1.95. The number of pyridine rings is 1. The topological polar surface area (TPSA) is 37.9 Å². The molecule has 5 heteroatoms. The second-order valence-corrected chi connectivity index (χ2v) is 5.94. The summed E-state index contributed by atoms with van der Waals surface area (Å²) < 4.78 is 19.2. The van der Waals surface area contributed by atoms with E-state index in [-0.39, 0.29) is 11.6 Å². The van der Waals surface area contributed by atoms with Gasteiger partial charge in [0.25, 0.3) is 0 Å². The summed E-state index contributed by atoms with van der Waals surface area (Å²) in [5, 5.41) is 5.06. The molecule has 3 aromatic heterocycles. The van der Waals surface area contributed by atoms with Crippen molar-refractivity contribution in [2.75, 3.05) is 7.11 Å². The van der Waals surface area contributed by atoms with E-state index in [9.17, 15) is 4.39 Å². The molecule has 23 heavy (non-hydrogen) atoms. The van der Waals surface area contributed by atoms with Crippen LogP contribution in [0.3, 0.4) is 0 Å². The number of aromatic amines is 1. The van der Waals surface area contributed by atoms with Gasteiger partial charge in [0, 0.05) is 34.5 Å². The third kappa shape index (κ3) is 2.29. The first-order valence-corrected chi connectivity index (χ1v) is 8.05. The minimum absolute atomic E-state index is 0.245. The maximum Gasteiger partial charge on any atom is 0.165 e. The molecule has 0 atom stereocenters. The molecule has 3 heterocycles. The van der Waals surface area contributed by atoms with Crippen molar-refractivity contribution >= 4 is 22.4 Å². The number of aromatic nitrogens is 2. The summed E-state index contributed by atoms with van der Waals surface area (Å²) in [4.78, 5) is 7.62. The lowest BCUT2D eigenvalue weighted by atomic mass is 10.0. The minimum atomic E-state index is -0.374. The summed E-state index contributed by atoms with van der Waals surface area (Å²) in [6.07, 6.45) is 3.68. The van der Waals surface area contributed by atoms with Crippen molar-refractivity contribution in [1.82, 2.24) is 9.97 Å². The maximum atomic E-state index is 14.0. The van der Waals surface area contributed by atoms with Crippen molar-refractivity contribution in [3.05, 3.63) is 59.3 Å². The number of methoxy groups -OCH3 is 1. The van der Waals surface area contributed by atoms with E-state index in [1.165, 1.54) is 13.2 Å². The number of ether oxygens (including phenoxy) is 1. The van der Waals surface area contributed by atoms with Crippen molar-refractivity contribution in [2.45, 2.75) is 0 Å². The molecule has 0 amide bonds. The molecule has 4 rings (SSSR count). The van der Waals surface area contributed by atoms with E-state index in [4.69, 9.17) is 4.74 Å². The van der Waals surface area contributed by atoms with E-state index < -0.39 is 0 Å². The van der Waals surface area contributed by atoms with Gasteiger partial charge in [-0.15, -0.1) is 0 Å². The molecule has 1 aromatic carbocycles. The Hall–Kier alpha value is -2.66. The molecule has 0 saturated heterocycles. The number of thiophene rings is 1. The van der Waals surface area contributed by atoms with Crippen LogP contribution >= 0.6 is 11.3 Å². The highest BCUT2D eigenvalue weighted by molar-refractivity contribution is 7.08. The van der Waals surface area contributed by atoms with Crippen molar-refractivity contribution in [3.8, 4) is 28.0 Å². The van der Waals surface area contributed by atoms with Crippen LogP contribution in [-0.4, -0.2) is 17.1 Å². The van der Waals surface area contributed by atoms with Crippen molar-refractivity contribution < 1.29 is 9.13 Å². The number of hydrogen-bond donors (Lipinski definition) is 1. The molecule has 0 unspecified atom stereocenters. The van der Waals surface area contributed by atoms with Crippen molar-refractivity contribution in [1.29, 1.82) is 0 Å². The molecule has 0 radical (unpaired) electrons. The van der Waals surface area contributed by atoms with Gasteiger partial charge in [-0.1, -0.05) is 12.1 Å². The molecule has 0 saturated carbocycles. The van der Waals surface area contributed by atoms with Crippen LogP contribution in [0.2, 0.25) is 0 Å². The van der Waals surface area contributed by atoms with Crippen molar-refractivity contribution in [2.24, 2.45) is 0 Å². The van der Waals surface area contributed by atoms with E-state index in [0.717, 1.165) is 27.7 Å². The summed E-state index contributed by atoms with van der Waals surface area (Å²) in [5.74, 6) is -0.129. The van der Waals surface area contributed by atoms with Gasteiger partial charge in [-0.3, -0.25) is 0 Å². The van der Waals surface area contributed by atoms with E-state index in [1.807, 2.05) is 23.8 Å². The second-order valence-electron chi connectivity index (χ2n) is 5.16. The zero-order valence-electron chi connectivity index (χ0n) is 12.3. The maximum absolute atomic E-state index is 14.0. The van der Waals surface area contributed by atoms with Gasteiger partial charge in [-0.05, 0) is 34.5 Å². The molecule has 1 N–H and O–H groups in total. The Morgan fingerprint density at radius 3 is 2.87 bits per heavy atom. The first kappa shape index (κ1) is 14.0. The Morgan fingerprint density at radius 2 is 2.09 bits per heavy atom. The predicted molar refractivity (Wildman–Crippen MR) is 91.4 cm³/mol. The van der Waals surface area contributed by atoms with Gasteiger partial charge >= 0.3 is 0 Å². The lowest BCUT2D eigenvalue weighted by molar-refractivity contribution is 0.388. The average Bonchev–Trinajstić information content (AvgIpc) is 3.23. The van der Waals surface area contributed by atoms with Gasteiger partial charge in [0.1, 0.15) is 5.65 Å². The number of hydrogen-bond acceptors (Lipinski definition) is 3. The quantitative estimate of drug-likeness (QED) is 0.569. The third-order valence-corrected chi connectivity index (χ3v) is 4.53. The SMILES string of the molecule is COc1c(F)cccc1-c1c[nH]c2ncc(-c3ccsc3)cc12. The van der Waals surface area contributed by atoms with Crippen LogP contribution in [0.1, 0.15) is 0 Å². The van der Waals surface area contributed by atoms with Gasteiger partial charge in [-0.25, -0.2) is 9.37 Å². The summed E-state index contributed by atoms with van der Waals surface area (Å²) in [5.41, 5.74) is 4.52. The van der Waals surface area contributed by atoms with Crippen LogP contribution in [0.4, 0.5) is 4.39 Å². The fourth-order valence-electron chi connectivity index (χ4n) is 2.74. The van der Waals surface area contributed by atoms with E-state index >= 15 is 0 Å². The molecule has 4 aromatic rings. The molecular weight excluding hydrogens is 311 g/mol. The second kappa shape index (κ2) is 5.52. The van der Waals surface area contributed by atoms with E-state index in [2.05, 4.69) is 27.5 Å². The fraction of sp³-hybridized carbons (Fsp3) is 0.0556. The number of fused-ring (bicyclic) bond motifs is 1. The number of halogens is 1. The fourth-order valence-corrected chi connectivity index (χ4v) is 3.41. The van der Waals surface area contributed by atoms with Gasteiger partial charge in [0.05, 0.1) is 7.11 Å². The molecule has 0 fully saturated rings. The Kier molecular flexibility index (Phi) is 3.35. The summed E-state index contributed by atoms with van der Waals surface area (Å²) >= 11 is 1.65. The lowest BCUT2D eigenvalue weighted by Crippen LogP contribution is -1.91. The van der Waals surface area contributed by atoms with E-state index in [1.54, 1.807) is 17.4 Å². The highest BCUT2D eigenvalue weighted by Crippen LogP contribution is 2.37. The Morgan fingerprint density at radius 1 is 1.17 bits per heavy atom. The summed E-state index contributed by atoms with van der Waals surface area (Å²) in [6, 6.07) is 9.05. The van der Waals surface area contributed by atoms with Gasteiger partial charge in [-0.2, -0.15) is 11.3 Å². The van der Waals surface area contributed by atoms with Gasteiger partial charge in [0.2, 0.25) is 0 Å². The van der Waals surface area contributed by atoms with Crippen LogP contribution in [-0.2, 0) is 0 Å². The first-order valence-electron chi connectivity index (χ1n) is 7.10. The predicted octanol–water partition coefficient (Wildman–Crippen LogP) is 5.11. The number of H-pyrrole nitrogens is 1. The van der Waals surface area contributed by atoms with Crippen LogP contribution in [0.5, 0.6) is 5.75 Å². The number of nitrogens with one attached hydrogen (secondary N) is 1. The molecule has 3 nitrogen and oxygen atoms in total. The zero-order chi connectivity index (χ0) is 15.8. The summed E-state index contributed by atoms with van der Waals surface area (Å²) in [6.45, 7) is 0. The van der Waals surface area contributed by atoms with Crippen LogP contribution < -0.4 is 4.74 Å². The molecule has 0 aliphatic heterocycles. The Bertz CT molecular complexity index is 976. The zero-order valence-corrected chi connectivity index (χ0v) is 13.2. The molecule has 0 bridgehead atoms. The molecule has 114 valence electrons. The Labute approximate surface area is 136 Å². The molecule has 0 aliphatic carbocycles. The van der Waals surface area contributed by atoms with E-state index in [0.29, 0.717) is 5.56 Å². The number of nitrogens with zero attached hydrogens (tertiary/aromatic N) is 1. The highest BCUT2D eigenvalue weighted by Gasteiger charge is 2.15. The number of rotatable bonds is 3. The molecule has 0 aliphatic rings. The smallest absolute Gasteiger partial charge is 0.165 e. The van der Waals surface area contributed by atoms with Crippen LogP contribution in [0, 0.1) is 5.82 Å². The summed E-state index contributed by atoms with van der Waals surface area (Å²) in [7, 11) is 1.48. The standard InChI is InChI=1S/C18H13FN2OS/c1-22-17-13(3-2-4-16(17)19)15-9-21-18-14(15)7-12(8-20-18)11-5-6-23-10-11/h2-10H,1H3,(H,20,21). The highest BCUT2D eigenvalue weighted by atomic mass is 32.1. The van der Waals surface area contributed by atoms with Gasteiger partial charge < -0.3 is 9.72 Å². The largest absolute Gasteiger partial charge is 0.493 e. The first-order chi connectivity index (χ1) is 11.3. The number of para-hydroxylation sites is 1. The molecule has 0 spiro atoms.